The van der Waals surface area contributed by atoms with E-state index >= 15 is 0 Å². The Labute approximate surface area is 114 Å². The topological polar surface area (TPSA) is 80.7 Å². The van der Waals surface area contributed by atoms with Crippen LogP contribution in [0.25, 0.3) is 0 Å². The molecule has 0 saturated carbocycles. The van der Waals surface area contributed by atoms with E-state index in [1.807, 2.05) is 0 Å². The highest BCUT2D eigenvalue weighted by Crippen LogP contribution is 2.26. The number of hydrogen-bond donors (Lipinski definition) is 1. The van der Waals surface area contributed by atoms with Crippen LogP contribution in [0.2, 0.25) is 0 Å². The van der Waals surface area contributed by atoms with Crippen LogP contribution >= 0.6 is 15.9 Å². The zero-order valence-corrected chi connectivity index (χ0v) is 12.3. The average molecular weight is 337 g/mol. The number of carboxylic acid groups (broad SMARTS) is 1. The number of halogens is 1. The van der Waals surface area contributed by atoms with Crippen molar-refractivity contribution in [3.63, 3.8) is 0 Å². The lowest BCUT2D eigenvalue weighted by atomic mass is 10.2. The van der Waals surface area contributed by atoms with Gasteiger partial charge in [-0.15, -0.1) is 0 Å². The molecule has 0 aliphatic heterocycles. The lowest BCUT2D eigenvalue weighted by Crippen LogP contribution is -2.28. The fourth-order valence-electron chi connectivity index (χ4n) is 1.31. The number of ether oxygens (including phenoxy) is 1. The molecule has 100 valence electrons. The molecule has 0 radical (unpaired) electrons. The van der Waals surface area contributed by atoms with Crippen LogP contribution in [-0.2, 0) is 20.4 Å². The Hall–Kier alpha value is -1.08. The fraction of sp³-hybridized carbons (Fsp3) is 0.364. The fourth-order valence-corrected chi connectivity index (χ4v) is 3.10. The van der Waals surface area contributed by atoms with Crippen LogP contribution in [0.4, 0.5) is 0 Å². The smallest absolute Gasteiger partial charge is 0.321 e. The van der Waals surface area contributed by atoms with Crippen molar-refractivity contribution in [2.75, 3.05) is 7.11 Å². The van der Waals surface area contributed by atoms with Crippen LogP contribution in [0.3, 0.4) is 0 Å². The van der Waals surface area contributed by atoms with Crippen LogP contribution in [0.15, 0.2) is 22.7 Å². The molecule has 0 aromatic heterocycles. The van der Waals surface area contributed by atoms with E-state index in [0.29, 0.717) is 15.8 Å². The monoisotopic (exact) mass is 336 g/mol. The Bertz CT molecular complexity index is 553. The van der Waals surface area contributed by atoms with Crippen molar-refractivity contribution in [3.05, 3.63) is 28.2 Å². The van der Waals surface area contributed by atoms with Gasteiger partial charge in [0.15, 0.2) is 15.1 Å². The molecular formula is C11H13BrO5S. The highest BCUT2D eigenvalue weighted by Gasteiger charge is 2.27. The van der Waals surface area contributed by atoms with Crippen molar-refractivity contribution in [1.82, 2.24) is 0 Å². The molecule has 1 aromatic rings. The number of carbonyl (C=O) groups is 1. The van der Waals surface area contributed by atoms with Gasteiger partial charge in [0.25, 0.3) is 0 Å². The van der Waals surface area contributed by atoms with Crippen LogP contribution in [0.1, 0.15) is 12.5 Å². The summed E-state index contributed by atoms with van der Waals surface area (Å²) < 4.78 is 29.2. The van der Waals surface area contributed by atoms with E-state index in [0.717, 1.165) is 6.92 Å². The van der Waals surface area contributed by atoms with Gasteiger partial charge in [0.1, 0.15) is 5.75 Å². The maximum Gasteiger partial charge on any atom is 0.321 e. The van der Waals surface area contributed by atoms with Gasteiger partial charge < -0.3 is 9.84 Å². The molecule has 1 aromatic carbocycles. The summed E-state index contributed by atoms with van der Waals surface area (Å²) in [6, 6.07) is 4.82. The Morgan fingerprint density at radius 3 is 2.56 bits per heavy atom. The molecule has 5 nitrogen and oxygen atoms in total. The Morgan fingerprint density at radius 1 is 1.50 bits per heavy atom. The zero-order chi connectivity index (χ0) is 13.9. The van der Waals surface area contributed by atoms with Crippen molar-refractivity contribution in [1.29, 1.82) is 0 Å². The van der Waals surface area contributed by atoms with E-state index in [1.165, 1.54) is 7.11 Å². The second kappa shape index (κ2) is 5.71. The van der Waals surface area contributed by atoms with Crippen molar-refractivity contribution in [3.8, 4) is 5.75 Å². The molecule has 0 amide bonds. The van der Waals surface area contributed by atoms with Crippen LogP contribution < -0.4 is 4.74 Å². The number of hydrogen-bond acceptors (Lipinski definition) is 4. The number of sulfone groups is 1. The van der Waals surface area contributed by atoms with Gasteiger partial charge in [-0.1, -0.05) is 6.07 Å². The van der Waals surface area contributed by atoms with E-state index in [-0.39, 0.29) is 5.75 Å². The quantitative estimate of drug-likeness (QED) is 0.887. The van der Waals surface area contributed by atoms with Crippen LogP contribution in [0.5, 0.6) is 5.75 Å². The number of rotatable bonds is 5. The van der Waals surface area contributed by atoms with E-state index in [4.69, 9.17) is 9.84 Å². The summed E-state index contributed by atoms with van der Waals surface area (Å²) in [6.07, 6.45) is 0. The maximum atomic E-state index is 11.8. The molecule has 1 rings (SSSR count). The first-order valence-electron chi connectivity index (χ1n) is 5.04. The Kier molecular flexibility index (Phi) is 4.75. The van der Waals surface area contributed by atoms with Crippen molar-refractivity contribution < 1.29 is 23.1 Å². The van der Waals surface area contributed by atoms with E-state index in [1.54, 1.807) is 18.2 Å². The summed E-state index contributed by atoms with van der Waals surface area (Å²) in [5.41, 5.74) is 0.510. The second-order valence-corrected chi connectivity index (χ2v) is 6.93. The first kappa shape index (κ1) is 15.0. The molecule has 1 atom stereocenters. The van der Waals surface area contributed by atoms with E-state index in [9.17, 15) is 13.2 Å². The van der Waals surface area contributed by atoms with Gasteiger partial charge in [-0.3, -0.25) is 4.79 Å². The highest BCUT2D eigenvalue weighted by molar-refractivity contribution is 9.10. The summed E-state index contributed by atoms with van der Waals surface area (Å²) in [5.74, 6) is -1.08. The van der Waals surface area contributed by atoms with Gasteiger partial charge >= 0.3 is 5.97 Å². The third kappa shape index (κ3) is 3.46. The predicted molar refractivity (Wildman–Crippen MR) is 70.4 cm³/mol. The van der Waals surface area contributed by atoms with Gasteiger partial charge in [0.05, 0.1) is 17.3 Å². The molecule has 0 fully saturated rings. The lowest BCUT2D eigenvalue weighted by molar-refractivity contribution is -0.136. The molecule has 0 bridgehead atoms. The minimum Gasteiger partial charge on any atom is -0.496 e. The number of methoxy groups -OCH3 is 1. The SMILES string of the molecule is COc1ccc(CS(=O)(=O)C(C)C(=O)O)cc1Br. The third-order valence-electron chi connectivity index (χ3n) is 2.47. The lowest BCUT2D eigenvalue weighted by Gasteiger charge is -2.10. The largest absolute Gasteiger partial charge is 0.496 e. The molecule has 7 heteroatoms. The average Bonchev–Trinajstić information content (AvgIpc) is 2.27. The summed E-state index contributed by atoms with van der Waals surface area (Å²) in [5, 5.41) is 7.31. The van der Waals surface area contributed by atoms with E-state index in [2.05, 4.69) is 15.9 Å². The molecule has 18 heavy (non-hydrogen) atoms. The first-order chi connectivity index (χ1) is 8.27. The summed E-state index contributed by atoms with van der Waals surface area (Å²) >= 11 is 3.24. The molecule has 1 N–H and O–H groups in total. The second-order valence-electron chi connectivity index (χ2n) is 3.76. The molecule has 0 aliphatic carbocycles. The molecule has 0 spiro atoms. The maximum absolute atomic E-state index is 11.8. The zero-order valence-electron chi connectivity index (χ0n) is 9.88. The van der Waals surface area contributed by atoms with Gasteiger partial charge in [-0.25, -0.2) is 8.42 Å². The van der Waals surface area contributed by atoms with Gasteiger partial charge in [-0.05, 0) is 40.5 Å². The molecule has 0 heterocycles. The summed E-state index contributed by atoms with van der Waals surface area (Å²) in [4.78, 5) is 10.7. The summed E-state index contributed by atoms with van der Waals surface area (Å²) in [6.45, 7) is 1.16. The summed E-state index contributed by atoms with van der Waals surface area (Å²) in [7, 11) is -2.21. The van der Waals surface area contributed by atoms with Crippen LogP contribution in [0, 0.1) is 0 Å². The van der Waals surface area contributed by atoms with Crippen molar-refractivity contribution >= 4 is 31.7 Å². The predicted octanol–water partition coefficient (Wildman–Crippen LogP) is 1.85. The number of benzene rings is 1. The molecular weight excluding hydrogens is 324 g/mol. The Morgan fingerprint density at radius 2 is 2.11 bits per heavy atom. The van der Waals surface area contributed by atoms with Crippen LogP contribution in [-0.4, -0.2) is 31.9 Å². The number of aliphatic carboxylic acids is 1. The minimum atomic E-state index is -3.71. The van der Waals surface area contributed by atoms with Crippen molar-refractivity contribution in [2.24, 2.45) is 0 Å². The number of carboxylic acids is 1. The first-order valence-corrected chi connectivity index (χ1v) is 7.55. The minimum absolute atomic E-state index is 0.316. The third-order valence-corrected chi connectivity index (χ3v) is 5.10. The molecule has 0 aliphatic rings. The van der Waals surface area contributed by atoms with Gasteiger partial charge in [-0.2, -0.15) is 0 Å². The normalized spacial score (nSPS) is 13.1. The van der Waals surface area contributed by atoms with Gasteiger partial charge in [0.2, 0.25) is 0 Å². The standard InChI is InChI=1S/C11H13BrO5S/c1-7(11(13)14)18(15,16)6-8-3-4-10(17-2)9(12)5-8/h3-5,7H,6H2,1-2H3,(H,13,14). The Balaban J connectivity index is 2.98. The van der Waals surface area contributed by atoms with E-state index < -0.39 is 21.1 Å². The van der Waals surface area contributed by atoms with Gasteiger partial charge in [0, 0.05) is 0 Å². The molecule has 1 unspecified atom stereocenters. The van der Waals surface area contributed by atoms with Crippen molar-refractivity contribution in [2.45, 2.75) is 17.9 Å². The highest BCUT2D eigenvalue weighted by atomic mass is 79.9. The molecule has 0 saturated heterocycles.